The standard InChI is InChI=1S/C19H18Cl2N2O5S2/c1-10(11-4-5-11)30(27,28)23-17-14(20)7-6-13(15(17)21)19-18(24)16-12(3-2-8-22-16)9-29(19,25)26/h2-3,6-8,10-11,23-24H,4-5,9H2,1H3. The van der Waals surface area contributed by atoms with Gasteiger partial charge in [-0.15, -0.1) is 0 Å². The highest BCUT2D eigenvalue weighted by Crippen LogP contribution is 2.44. The van der Waals surface area contributed by atoms with Crippen LogP contribution in [-0.4, -0.2) is 32.2 Å². The lowest BCUT2D eigenvalue weighted by molar-refractivity contribution is 0.508. The fraction of sp³-hybridized carbons (Fsp3) is 0.316. The minimum Gasteiger partial charge on any atom is -0.504 e. The number of halogens is 2. The first-order valence-corrected chi connectivity index (χ1v) is 13.1. The Hall–Kier alpha value is -1.81. The summed E-state index contributed by atoms with van der Waals surface area (Å²) in [5.74, 6) is -0.841. The number of aliphatic hydroxyl groups excluding tert-OH is 1. The number of nitrogens with zero attached hydrogens (tertiary/aromatic N) is 1. The molecule has 1 fully saturated rings. The van der Waals surface area contributed by atoms with Gasteiger partial charge in [0.15, 0.2) is 15.6 Å². The van der Waals surface area contributed by atoms with Crippen LogP contribution in [0.1, 0.15) is 36.6 Å². The Kier molecular flexibility index (Phi) is 5.29. The van der Waals surface area contributed by atoms with Crippen LogP contribution in [0.15, 0.2) is 30.5 Å². The molecule has 0 spiro atoms. The van der Waals surface area contributed by atoms with E-state index in [0.717, 1.165) is 12.8 Å². The SMILES string of the molecule is CC(C1CC1)S(=O)(=O)Nc1c(Cl)ccc(C2=C(O)c3ncccc3CS2(=O)=O)c1Cl. The van der Waals surface area contributed by atoms with Gasteiger partial charge in [-0.05, 0) is 43.4 Å². The number of benzene rings is 1. The maximum atomic E-state index is 12.9. The highest BCUT2D eigenvalue weighted by atomic mass is 35.5. The molecule has 1 aromatic carbocycles. The van der Waals surface area contributed by atoms with Crippen molar-refractivity contribution in [2.75, 3.05) is 4.72 Å². The van der Waals surface area contributed by atoms with Crippen LogP contribution in [0, 0.1) is 5.92 Å². The van der Waals surface area contributed by atoms with Crippen LogP contribution in [-0.2, 0) is 25.6 Å². The van der Waals surface area contributed by atoms with Crippen molar-refractivity contribution < 1.29 is 21.9 Å². The molecule has 1 unspecified atom stereocenters. The van der Waals surface area contributed by atoms with Crippen LogP contribution in [0.2, 0.25) is 10.0 Å². The number of nitrogens with one attached hydrogen (secondary N) is 1. The molecule has 2 aromatic rings. The van der Waals surface area contributed by atoms with Gasteiger partial charge in [0.2, 0.25) is 10.0 Å². The van der Waals surface area contributed by atoms with Crippen molar-refractivity contribution in [3.63, 3.8) is 0 Å². The Balaban J connectivity index is 1.86. The predicted molar refractivity (Wildman–Crippen MR) is 117 cm³/mol. The number of rotatable bonds is 5. The van der Waals surface area contributed by atoms with Crippen LogP contribution >= 0.6 is 23.2 Å². The molecular formula is C19H18Cl2N2O5S2. The molecule has 0 radical (unpaired) electrons. The fourth-order valence-corrected chi connectivity index (χ4v) is 7.34. The van der Waals surface area contributed by atoms with E-state index in [4.69, 9.17) is 23.2 Å². The number of sulfone groups is 1. The van der Waals surface area contributed by atoms with Gasteiger partial charge in [0.05, 0.1) is 26.7 Å². The summed E-state index contributed by atoms with van der Waals surface area (Å²) in [6.07, 6.45) is 3.09. The third-order valence-electron chi connectivity index (χ3n) is 5.34. The Morgan fingerprint density at radius 2 is 1.93 bits per heavy atom. The molecule has 1 atom stereocenters. The maximum absolute atomic E-state index is 12.9. The Labute approximate surface area is 184 Å². The molecule has 30 heavy (non-hydrogen) atoms. The van der Waals surface area contributed by atoms with E-state index in [2.05, 4.69) is 9.71 Å². The minimum absolute atomic E-state index is 0.0159. The monoisotopic (exact) mass is 488 g/mol. The average Bonchev–Trinajstić information content (AvgIpc) is 3.51. The van der Waals surface area contributed by atoms with Gasteiger partial charge in [-0.25, -0.2) is 16.8 Å². The highest BCUT2D eigenvalue weighted by Gasteiger charge is 2.38. The smallest absolute Gasteiger partial charge is 0.235 e. The van der Waals surface area contributed by atoms with Crippen LogP contribution in [0.5, 0.6) is 0 Å². The number of aromatic nitrogens is 1. The zero-order valence-electron chi connectivity index (χ0n) is 15.8. The van der Waals surface area contributed by atoms with Gasteiger partial charge in [0.25, 0.3) is 0 Å². The third kappa shape index (κ3) is 3.68. The zero-order valence-corrected chi connectivity index (χ0v) is 18.9. The number of hydrogen-bond donors (Lipinski definition) is 2. The topological polar surface area (TPSA) is 113 Å². The molecule has 1 aromatic heterocycles. The second-order valence-corrected chi connectivity index (χ2v) is 12.2. The van der Waals surface area contributed by atoms with Gasteiger partial charge >= 0.3 is 0 Å². The number of pyridine rings is 1. The van der Waals surface area contributed by atoms with E-state index in [0.29, 0.717) is 5.56 Å². The van der Waals surface area contributed by atoms with Crippen molar-refractivity contribution in [2.24, 2.45) is 5.92 Å². The third-order valence-corrected chi connectivity index (χ3v) is 9.63. The first kappa shape index (κ1) is 21.4. The summed E-state index contributed by atoms with van der Waals surface area (Å²) in [7, 11) is -7.76. The Morgan fingerprint density at radius 1 is 1.23 bits per heavy atom. The molecule has 0 amide bonds. The van der Waals surface area contributed by atoms with E-state index in [1.165, 1.54) is 18.3 Å². The summed E-state index contributed by atoms with van der Waals surface area (Å²) in [6, 6.07) is 5.82. The van der Waals surface area contributed by atoms with E-state index >= 15 is 0 Å². The van der Waals surface area contributed by atoms with Crippen LogP contribution in [0.25, 0.3) is 10.7 Å². The molecule has 0 bridgehead atoms. The number of fused-ring (bicyclic) bond motifs is 1. The summed E-state index contributed by atoms with van der Waals surface area (Å²) in [5.41, 5.74) is 0.332. The molecule has 0 saturated heterocycles. The van der Waals surface area contributed by atoms with Crippen molar-refractivity contribution in [1.29, 1.82) is 0 Å². The number of hydrogen-bond acceptors (Lipinski definition) is 6. The normalized spacial score (nSPS) is 19.3. The summed E-state index contributed by atoms with van der Waals surface area (Å²) in [6.45, 7) is 1.61. The molecule has 7 nitrogen and oxygen atoms in total. The van der Waals surface area contributed by atoms with Crippen LogP contribution in [0.3, 0.4) is 0 Å². The molecule has 4 rings (SSSR count). The number of aliphatic hydroxyl groups is 1. The molecule has 11 heteroatoms. The fourth-order valence-electron chi connectivity index (χ4n) is 3.47. The molecule has 1 aliphatic heterocycles. The molecule has 1 aliphatic carbocycles. The Morgan fingerprint density at radius 3 is 2.60 bits per heavy atom. The number of sulfonamides is 1. The van der Waals surface area contributed by atoms with E-state index in [1.54, 1.807) is 19.1 Å². The van der Waals surface area contributed by atoms with E-state index < -0.39 is 35.8 Å². The van der Waals surface area contributed by atoms with Gasteiger partial charge in [0.1, 0.15) is 10.6 Å². The van der Waals surface area contributed by atoms with E-state index in [9.17, 15) is 21.9 Å². The van der Waals surface area contributed by atoms with Crippen LogP contribution in [0.4, 0.5) is 5.69 Å². The molecule has 160 valence electrons. The maximum Gasteiger partial charge on any atom is 0.235 e. The van der Waals surface area contributed by atoms with Crippen molar-refractivity contribution in [3.8, 4) is 0 Å². The molecule has 2 aliphatic rings. The Bertz CT molecular complexity index is 1290. The lowest BCUT2D eigenvalue weighted by Gasteiger charge is -2.22. The second kappa shape index (κ2) is 7.40. The van der Waals surface area contributed by atoms with Crippen molar-refractivity contribution >= 4 is 59.4 Å². The lowest BCUT2D eigenvalue weighted by atomic mass is 10.1. The van der Waals surface area contributed by atoms with Crippen molar-refractivity contribution in [1.82, 2.24) is 4.98 Å². The average molecular weight is 489 g/mol. The summed E-state index contributed by atoms with van der Waals surface area (Å²) >= 11 is 12.6. The number of anilines is 1. The van der Waals surface area contributed by atoms with Crippen LogP contribution < -0.4 is 4.72 Å². The van der Waals surface area contributed by atoms with Gasteiger partial charge in [-0.1, -0.05) is 35.3 Å². The first-order valence-electron chi connectivity index (χ1n) is 9.13. The highest BCUT2D eigenvalue weighted by molar-refractivity contribution is 8.00. The van der Waals surface area contributed by atoms with Crippen molar-refractivity contribution in [3.05, 3.63) is 57.3 Å². The lowest BCUT2D eigenvalue weighted by Crippen LogP contribution is -2.27. The predicted octanol–water partition coefficient (Wildman–Crippen LogP) is 4.24. The zero-order chi connectivity index (χ0) is 21.8. The minimum atomic E-state index is -3.97. The van der Waals surface area contributed by atoms with Gasteiger partial charge < -0.3 is 5.11 Å². The molecule has 2 heterocycles. The molecule has 2 N–H and O–H groups in total. The summed E-state index contributed by atoms with van der Waals surface area (Å²) < 4.78 is 53.7. The van der Waals surface area contributed by atoms with Gasteiger partial charge in [-0.3, -0.25) is 9.71 Å². The summed E-state index contributed by atoms with van der Waals surface area (Å²) in [5, 5.41) is 9.87. The van der Waals surface area contributed by atoms with E-state index in [1.807, 2.05) is 0 Å². The quantitative estimate of drug-likeness (QED) is 0.650. The first-order chi connectivity index (χ1) is 14.0. The van der Waals surface area contributed by atoms with E-state index in [-0.39, 0.29) is 38.7 Å². The second-order valence-electron chi connectivity index (χ2n) is 7.42. The largest absolute Gasteiger partial charge is 0.504 e. The summed E-state index contributed by atoms with van der Waals surface area (Å²) in [4.78, 5) is 3.66. The van der Waals surface area contributed by atoms with Gasteiger partial charge in [-0.2, -0.15) is 0 Å². The molecular weight excluding hydrogens is 471 g/mol. The van der Waals surface area contributed by atoms with Gasteiger partial charge in [0, 0.05) is 11.8 Å². The van der Waals surface area contributed by atoms with Crippen molar-refractivity contribution in [2.45, 2.75) is 30.8 Å². The molecule has 1 saturated carbocycles.